The van der Waals surface area contributed by atoms with Gasteiger partial charge in [0.15, 0.2) is 11.2 Å². The SMILES string of the molecule is CC(=O)Cn1c(CN2CCC(C)CC2)nc2c1c(=O)n(C)c(=O)n2C. The van der Waals surface area contributed by atoms with Gasteiger partial charge in [-0.05, 0) is 38.8 Å². The molecule has 136 valence electrons. The van der Waals surface area contributed by atoms with E-state index in [0.717, 1.165) is 36.4 Å². The van der Waals surface area contributed by atoms with Gasteiger partial charge in [-0.3, -0.25) is 23.6 Å². The zero-order valence-electron chi connectivity index (χ0n) is 15.3. The van der Waals surface area contributed by atoms with E-state index >= 15 is 0 Å². The van der Waals surface area contributed by atoms with E-state index in [1.807, 2.05) is 0 Å². The molecule has 0 N–H and O–H groups in total. The van der Waals surface area contributed by atoms with E-state index in [4.69, 9.17) is 0 Å². The van der Waals surface area contributed by atoms with E-state index in [1.54, 1.807) is 11.6 Å². The minimum absolute atomic E-state index is 0.0521. The fourth-order valence-corrected chi connectivity index (χ4v) is 3.43. The largest absolute Gasteiger partial charge is 0.332 e. The van der Waals surface area contributed by atoms with Gasteiger partial charge in [-0.2, -0.15) is 0 Å². The Bertz CT molecular complexity index is 928. The molecule has 0 amide bonds. The number of likely N-dealkylation sites (tertiary alicyclic amines) is 1. The predicted molar refractivity (Wildman–Crippen MR) is 94.6 cm³/mol. The molecule has 2 aromatic rings. The first-order chi connectivity index (χ1) is 11.8. The number of ketones is 1. The molecule has 0 bridgehead atoms. The van der Waals surface area contributed by atoms with Gasteiger partial charge in [-0.1, -0.05) is 6.92 Å². The molecular formula is C17H25N5O3. The van der Waals surface area contributed by atoms with Crippen molar-refractivity contribution < 1.29 is 4.79 Å². The molecule has 1 aliphatic heterocycles. The number of piperidine rings is 1. The van der Waals surface area contributed by atoms with E-state index in [1.165, 1.54) is 18.5 Å². The first-order valence-electron chi connectivity index (χ1n) is 8.66. The molecule has 0 aromatic carbocycles. The molecule has 1 saturated heterocycles. The van der Waals surface area contributed by atoms with Gasteiger partial charge < -0.3 is 4.57 Å². The Hall–Kier alpha value is -2.22. The fourth-order valence-electron chi connectivity index (χ4n) is 3.43. The Morgan fingerprint density at radius 3 is 2.40 bits per heavy atom. The summed E-state index contributed by atoms with van der Waals surface area (Å²) < 4.78 is 4.11. The van der Waals surface area contributed by atoms with Crippen LogP contribution in [0.25, 0.3) is 11.2 Å². The van der Waals surface area contributed by atoms with Crippen LogP contribution < -0.4 is 11.2 Å². The topological polar surface area (TPSA) is 82.1 Å². The number of aryl methyl sites for hydroxylation is 1. The quantitative estimate of drug-likeness (QED) is 0.792. The standard InChI is InChI=1S/C17H25N5O3/c1-11-5-7-21(8-6-11)10-13-18-15-14(22(13)9-12(2)23)16(24)20(4)17(25)19(15)3/h11H,5-10H2,1-4H3. The van der Waals surface area contributed by atoms with Gasteiger partial charge in [0.2, 0.25) is 0 Å². The number of nitrogens with zero attached hydrogens (tertiary/aromatic N) is 5. The number of imidazole rings is 1. The molecule has 0 spiro atoms. The Balaban J connectivity index is 2.12. The summed E-state index contributed by atoms with van der Waals surface area (Å²) in [5.74, 6) is 1.34. The first kappa shape index (κ1) is 17.6. The van der Waals surface area contributed by atoms with Gasteiger partial charge in [-0.25, -0.2) is 9.78 Å². The summed E-state index contributed by atoms with van der Waals surface area (Å²) >= 11 is 0. The van der Waals surface area contributed by atoms with Crippen LogP contribution in [-0.4, -0.2) is 42.5 Å². The van der Waals surface area contributed by atoms with Gasteiger partial charge in [0.25, 0.3) is 5.56 Å². The monoisotopic (exact) mass is 347 g/mol. The first-order valence-corrected chi connectivity index (χ1v) is 8.66. The van der Waals surface area contributed by atoms with Gasteiger partial charge in [-0.15, -0.1) is 0 Å². The molecule has 0 atom stereocenters. The lowest BCUT2D eigenvalue weighted by molar-refractivity contribution is -0.117. The number of carbonyl (C=O) groups excluding carboxylic acids is 1. The second kappa shape index (κ2) is 6.59. The van der Waals surface area contributed by atoms with Crippen LogP contribution in [0.1, 0.15) is 32.5 Å². The highest BCUT2D eigenvalue weighted by molar-refractivity contribution is 5.79. The van der Waals surface area contributed by atoms with Crippen molar-refractivity contribution in [3.05, 3.63) is 26.7 Å². The summed E-state index contributed by atoms with van der Waals surface area (Å²) in [5, 5.41) is 0. The molecular weight excluding hydrogens is 322 g/mol. The third-order valence-electron chi connectivity index (χ3n) is 5.05. The minimum Gasteiger partial charge on any atom is -0.314 e. The second-order valence-electron chi connectivity index (χ2n) is 7.15. The number of rotatable bonds is 4. The summed E-state index contributed by atoms with van der Waals surface area (Å²) in [7, 11) is 3.04. The van der Waals surface area contributed by atoms with Gasteiger partial charge in [0, 0.05) is 14.1 Å². The zero-order valence-corrected chi connectivity index (χ0v) is 15.3. The van der Waals surface area contributed by atoms with Crippen LogP contribution in [0.15, 0.2) is 9.59 Å². The number of fused-ring (bicyclic) bond motifs is 1. The lowest BCUT2D eigenvalue weighted by Crippen LogP contribution is -2.37. The molecule has 3 rings (SSSR count). The Labute approximate surface area is 145 Å². The summed E-state index contributed by atoms with van der Waals surface area (Å²) in [5.41, 5.74) is -0.163. The highest BCUT2D eigenvalue weighted by Crippen LogP contribution is 2.19. The van der Waals surface area contributed by atoms with Crippen LogP contribution in [0.3, 0.4) is 0 Å². The molecule has 1 aliphatic rings. The zero-order chi connectivity index (χ0) is 18.3. The number of Topliss-reactive ketones (excluding diaryl/α,β-unsaturated/α-hetero) is 1. The number of carbonyl (C=O) groups is 1. The Morgan fingerprint density at radius 2 is 1.80 bits per heavy atom. The van der Waals surface area contributed by atoms with Crippen molar-refractivity contribution in [1.29, 1.82) is 0 Å². The molecule has 0 saturated carbocycles. The Kier molecular flexibility index (Phi) is 4.64. The molecule has 8 nitrogen and oxygen atoms in total. The van der Waals surface area contributed by atoms with Gasteiger partial charge >= 0.3 is 5.69 Å². The summed E-state index contributed by atoms with van der Waals surface area (Å²) in [6.45, 7) is 6.35. The van der Waals surface area contributed by atoms with Crippen molar-refractivity contribution in [2.75, 3.05) is 13.1 Å². The molecule has 25 heavy (non-hydrogen) atoms. The van der Waals surface area contributed by atoms with Crippen LogP contribution >= 0.6 is 0 Å². The molecule has 1 fully saturated rings. The number of aromatic nitrogens is 4. The van der Waals surface area contributed by atoms with E-state index in [9.17, 15) is 14.4 Å². The van der Waals surface area contributed by atoms with E-state index in [2.05, 4.69) is 16.8 Å². The highest BCUT2D eigenvalue weighted by Gasteiger charge is 2.23. The van der Waals surface area contributed by atoms with Crippen LogP contribution in [0, 0.1) is 5.92 Å². The van der Waals surface area contributed by atoms with Crippen molar-refractivity contribution in [2.24, 2.45) is 20.0 Å². The maximum atomic E-state index is 12.6. The maximum absolute atomic E-state index is 12.6. The van der Waals surface area contributed by atoms with Crippen LogP contribution in [-0.2, 0) is 32.0 Å². The molecule has 3 heterocycles. The average molecular weight is 347 g/mol. The van der Waals surface area contributed by atoms with Crippen molar-refractivity contribution in [3.8, 4) is 0 Å². The van der Waals surface area contributed by atoms with E-state index in [0.29, 0.717) is 23.5 Å². The lowest BCUT2D eigenvalue weighted by atomic mass is 9.99. The maximum Gasteiger partial charge on any atom is 0.332 e. The minimum atomic E-state index is -0.414. The summed E-state index contributed by atoms with van der Waals surface area (Å²) in [4.78, 5) is 43.4. The number of hydrogen-bond acceptors (Lipinski definition) is 5. The van der Waals surface area contributed by atoms with E-state index < -0.39 is 11.2 Å². The predicted octanol–water partition coefficient (Wildman–Crippen LogP) is 0.255. The van der Waals surface area contributed by atoms with Gasteiger partial charge in [0.1, 0.15) is 11.6 Å². The van der Waals surface area contributed by atoms with Crippen molar-refractivity contribution in [3.63, 3.8) is 0 Å². The molecule has 0 radical (unpaired) electrons. The van der Waals surface area contributed by atoms with Crippen molar-refractivity contribution >= 4 is 16.9 Å². The van der Waals surface area contributed by atoms with Crippen LogP contribution in [0.2, 0.25) is 0 Å². The summed E-state index contributed by atoms with van der Waals surface area (Å²) in [6, 6.07) is 0. The molecule has 8 heteroatoms. The van der Waals surface area contributed by atoms with Crippen LogP contribution in [0.4, 0.5) is 0 Å². The second-order valence-corrected chi connectivity index (χ2v) is 7.15. The Morgan fingerprint density at radius 1 is 1.16 bits per heavy atom. The summed E-state index contributed by atoms with van der Waals surface area (Å²) in [6.07, 6.45) is 2.26. The smallest absolute Gasteiger partial charge is 0.314 e. The van der Waals surface area contributed by atoms with E-state index in [-0.39, 0.29) is 12.3 Å². The van der Waals surface area contributed by atoms with Crippen molar-refractivity contribution in [2.45, 2.75) is 39.8 Å². The third-order valence-corrected chi connectivity index (χ3v) is 5.05. The highest BCUT2D eigenvalue weighted by atomic mass is 16.2. The molecule has 0 aliphatic carbocycles. The molecule has 2 aromatic heterocycles. The lowest BCUT2D eigenvalue weighted by Gasteiger charge is -2.29. The van der Waals surface area contributed by atoms with Crippen LogP contribution in [0.5, 0.6) is 0 Å². The fraction of sp³-hybridized carbons (Fsp3) is 0.647. The molecule has 0 unspecified atom stereocenters. The van der Waals surface area contributed by atoms with Gasteiger partial charge in [0.05, 0.1) is 13.1 Å². The van der Waals surface area contributed by atoms with Crippen molar-refractivity contribution in [1.82, 2.24) is 23.6 Å². The average Bonchev–Trinajstić information content (AvgIpc) is 2.91. The normalized spacial score (nSPS) is 16.6. The number of hydrogen-bond donors (Lipinski definition) is 0. The third kappa shape index (κ3) is 3.18.